The smallest absolute Gasteiger partial charge is 0.223 e. The van der Waals surface area contributed by atoms with Crippen molar-refractivity contribution >= 4 is 11.7 Å². The molecule has 0 radical (unpaired) electrons. The second-order valence-electron chi connectivity index (χ2n) is 6.79. The van der Waals surface area contributed by atoms with E-state index in [0.717, 1.165) is 19.5 Å². The Labute approximate surface area is 116 Å². The molecule has 2 heterocycles. The van der Waals surface area contributed by atoms with E-state index >= 15 is 0 Å². The van der Waals surface area contributed by atoms with E-state index in [4.69, 9.17) is 0 Å². The van der Waals surface area contributed by atoms with E-state index in [1.54, 1.807) is 4.90 Å². The summed E-state index contributed by atoms with van der Waals surface area (Å²) < 4.78 is 0. The van der Waals surface area contributed by atoms with Crippen LogP contribution in [0.3, 0.4) is 0 Å². The number of nitrogens with zero attached hydrogens (tertiary/aromatic N) is 2. The van der Waals surface area contributed by atoms with Gasteiger partial charge in [0.05, 0.1) is 6.54 Å². The molecule has 4 heteroatoms. The first-order chi connectivity index (χ1) is 8.88. The zero-order valence-electron chi connectivity index (χ0n) is 12.4. The van der Waals surface area contributed by atoms with Crippen LogP contribution in [-0.4, -0.2) is 53.7 Å². The average molecular weight is 266 g/mol. The molecule has 2 rings (SSSR count). The third-order valence-corrected chi connectivity index (χ3v) is 4.60. The number of carbonyl (C=O) groups is 2. The lowest BCUT2D eigenvalue weighted by atomic mass is 9.92. The minimum absolute atomic E-state index is 0.162. The lowest BCUT2D eigenvalue weighted by Gasteiger charge is -2.32. The molecule has 0 aromatic carbocycles. The molecule has 2 fully saturated rings. The molecule has 0 aromatic heterocycles. The number of hydrogen-bond donors (Lipinski definition) is 0. The number of ketones is 1. The fourth-order valence-electron chi connectivity index (χ4n) is 3.26. The highest BCUT2D eigenvalue weighted by Crippen LogP contribution is 2.28. The minimum atomic E-state index is -0.277. The highest BCUT2D eigenvalue weighted by Gasteiger charge is 2.39. The Balaban J connectivity index is 1.80. The molecular weight excluding hydrogens is 240 g/mol. The van der Waals surface area contributed by atoms with Crippen LogP contribution in [0.5, 0.6) is 0 Å². The summed E-state index contributed by atoms with van der Waals surface area (Å²) in [5, 5.41) is 0. The van der Waals surface area contributed by atoms with Crippen LogP contribution in [0.2, 0.25) is 0 Å². The van der Waals surface area contributed by atoms with Gasteiger partial charge in [0.2, 0.25) is 5.91 Å². The molecule has 19 heavy (non-hydrogen) atoms. The van der Waals surface area contributed by atoms with Gasteiger partial charge in [0, 0.05) is 18.4 Å². The highest BCUT2D eigenvalue weighted by molar-refractivity contribution is 5.91. The summed E-state index contributed by atoms with van der Waals surface area (Å²) >= 11 is 0. The molecule has 0 saturated carbocycles. The molecule has 2 saturated heterocycles. The van der Waals surface area contributed by atoms with Gasteiger partial charge >= 0.3 is 0 Å². The molecule has 0 atom stereocenters. The Morgan fingerprint density at radius 3 is 2.47 bits per heavy atom. The van der Waals surface area contributed by atoms with Crippen LogP contribution in [0, 0.1) is 5.92 Å². The molecule has 0 aromatic rings. The quantitative estimate of drug-likeness (QED) is 0.780. The van der Waals surface area contributed by atoms with Crippen molar-refractivity contribution in [3.05, 3.63) is 0 Å². The fraction of sp³-hybridized carbons (Fsp3) is 0.867. The Kier molecular flexibility index (Phi) is 4.29. The number of amides is 1. The summed E-state index contributed by atoms with van der Waals surface area (Å²) in [5.74, 6) is 1.04. The Hall–Kier alpha value is -0.900. The summed E-state index contributed by atoms with van der Waals surface area (Å²) in [7, 11) is 2.15. The van der Waals surface area contributed by atoms with Crippen molar-refractivity contribution in [2.45, 2.75) is 51.5 Å². The van der Waals surface area contributed by atoms with Crippen LogP contribution in [0.25, 0.3) is 0 Å². The van der Waals surface area contributed by atoms with Gasteiger partial charge in [0.15, 0.2) is 5.78 Å². The van der Waals surface area contributed by atoms with E-state index in [2.05, 4.69) is 11.9 Å². The highest BCUT2D eigenvalue weighted by atomic mass is 16.2. The standard InChI is InChI=1S/C15H26N2O2/c1-15(2)10-13(18)11-17(15)14(19)5-4-12-6-8-16(3)9-7-12/h12H,4-11H2,1-3H3. The maximum absolute atomic E-state index is 12.3. The number of likely N-dealkylation sites (tertiary alicyclic amines) is 2. The van der Waals surface area contributed by atoms with Crippen molar-refractivity contribution in [1.82, 2.24) is 9.80 Å². The molecule has 108 valence electrons. The second kappa shape index (κ2) is 5.61. The summed E-state index contributed by atoms with van der Waals surface area (Å²) in [6.07, 6.45) is 4.49. The van der Waals surface area contributed by atoms with E-state index in [1.807, 2.05) is 13.8 Å². The van der Waals surface area contributed by atoms with E-state index in [1.165, 1.54) is 12.8 Å². The van der Waals surface area contributed by atoms with Crippen LogP contribution in [0.4, 0.5) is 0 Å². The van der Waals surface area contributed by atoms with Crippen LogP contribution < -0.4 is 0 Å². The average Bonchev–Trinajstić information content (AvgIpc) is 2.61. The van der Waals surface area contributed by atoms with E-state index in [0.29, 0.717) is 25.3 Å². The van der Waals surface area contributed by atoms with Crippen molar-refractivity contribution in [2.24, 2.45) is 5.92 Å². The van der Waals surface area contributed by atoms with Gasteiger partial charge in [0.1, 0.15) is 0 Å². The monoisotopic (exact) mass is 266 g/mol. The first-order valence-electron chi connectivity index (χ1n) is 7.39. The molecule has 2 aliphatic heterocycles. The van der Waals surface area contributed by atoms with Gasteiger partial charge < -0.3 is 9.80 Å². The van der Waals surface area contributed by atoms with Crippen molar-refractivity contribution in [1.29, 1.82) is 0 Å². The molecule has 0 unspecified atom stereocenters. The summed E-state index contributed by atoms with van der Waals surface area (Å²) in [6, 6.07) is 0. The molecule has 2 aliphatic rings. The minimum Gasteiger partial charge on any atom is -0.330 e. The maximum atomic E-state index is 12.3. The summed E-state index contributed by atoms with van der Waals surface area (Å²) in [6.45, 7) is 6.59. The van der Waals surface area contributed by atoms with Gasteiger partial charge in [-0.25, -0.2) is 0 Å². The van der Waals surface area contributed by atoms with Crippen molar-refractivity contribution in [2.75, 3.05) is 26.7 Å². The topological polar surface area (TPSA) is 40.6 Å². The second-order valence-corrected chi connectivity index (χ2v) is 6.79. The normalized spacial score (nSPS) is 25.0. The lowest BCUT2D eigenvalue weighted by molar-refractivity contribution is -0.135. The van der Waals surface area contributed by atoms with Gasteiger partial charge in [-0.1, -0.05) is 0 Å². The van der Waals surface area contributed by atoms with Gasteiger partial charge in [-0.3, -0.25) is 9.59 Å². The van der Waals surface area contributed by atoms with Crippen LogP contribution >= 0.6 is 0 Å². The maximum Gasteiger partial charge on any atom is 0.223 e. The lowest BCUT2D eigenvalue weighted by Crippen LogP contribution is -2.42. The predicted octanol–water partition coefficient (Wildman–Crippen LogP) is 1.69. The van der Waals surface area contributed by atoms with Crippen LogP contribution in [-0.2, 0) is 9.59 Å². The van der Waals surface area contributed by atoms with E-state index < -0.39 is 0 Å². The summed E-state index contributed by atoms with van der Waals surface area (Å²) in [4.78, 5) is 27.9. The Bertz CT molecular complexity index is 357. The van der Waals surface area contributed by atoms with Crippen LogP contribution in [0.15, 0.2) is 0 Å². The number of rotatable bonds is 3. The number of carbonyl (C=O) groups excluding carboxylic acids is 2. The zero-order valence-corrected chi connectivity index (χ0v) is 12.4. The molecule has 0 aliphatic carbocycles. The molecule has 0 bridgehead atoms. The zero-order chi connectivity index (χ0) is 14.0. The molecule has 0 spiro atoms. The van der Waals surface area contributed by atoms with Gasteiger partial charge in [-0.2, -0.15) is 0 Å². The molecular formula is C15H26N2O2. The number of Topliss-reactive ketones (excluding diaryl/α,β-unsaturated/α-hetero) is 1. The van der Waals surface area contributed by atoms with Gasteiger partial charge in [-0.05, 0) is 59.2 Å². The molecule has 1 amide bonds. The van der Waals surface area contributed by atoms with Gasteiger partial charge in [-0.15, -0.1) is 0 Å². The van der Waals surface area contributed by atoms with Crippen LogP contribution in [0.1, 0.15) is 46.0 Å². The largest absolute Gasteiger partial charge is 0.330 e. The third kappa shape index (κ3) is 3.56. The Morgan fingerprint density at radius 2 is 1.95 bits per heavy atom. The molecule has 0 N–H and O–H groups in total. The van der Waals surface area contributed by atoms with E-state index in [9.17, 15) is 9.59 Å². The number of hydrogen-bond acceptors (Lipinski definition) is 3. The SMILES string of the molecule is CN1CCC(CCC(=O)N2CC(=O)CC2(C)C)CC1. The first kappa shape index (κ1) is 14.5. The molecule has 4 nitrogen and oxygen atoms in total. The predicted molar refractivity (Wildman–Crippen MR) is 74.9 cm³/mol. The summed E-state index contributed by atoms with van der Waals surface area (Å²) in [5.41, 5.74) is -0.277. The third-order valence-electron chi connectivity index (χ3n) is 4.60. The van der Waals surface area contributed by atoms with Crippen molar-refractivity contribution < 1.29 is 9.59 Å². The first-order valence-corrected chi connectivity index (χ1v) is 7.39. The van der Waals surface area contributed by atoms with E-state index in [-0.39, 0.29) is 17.2 Å². The van der Waals surface area contributed by atoms with Crippen molar-refractivity contribution in [3.63, 3.8) is 0 Å². The fourth-order valence-corrected chi connectivity index (χ4v) is 3.26. The van der Waals surface area contributed by atoms with Gasteiger partial charge in [0.25, 0.3) is 0 Å². The Morgan fingerprint density at radius 1 is 1.32 bits per heavy atom. The van der Waals surface area contributed by atoms with Crippen molar-refractivity contribution in [3.8, 4) is 0 Å². The number of piperidine rings is 1.